The van der Waals surface area contributed by atoms with Gasteiger partial charge in [-0.3, -0.25) is 4.79 Å². The molecule has 2 fully saturated rings. The van der Waals surface area contributed by atoms with Crippen LogP contribution in [0.25, 0.3) is 0 Å². The quantitative estimate of drug-likeness (QED) is 0.849. The van der Waals surface area contributed by atoms with Gasteiger partial charge in [-0.15, -0.1) is 0 Å². The third kappa shape index (κ3) is 3.17. The van der Waals surface area contributed by atoms with Gasteiger partial charge in [-0.1, -0.05) is 0 Å². The van der Waals surface area contributed by atoms with Crippen LogP contribution in [0.3, 0.4) is 0 Å². The van der Waals surface area contributed by atoms with Gasteiger partial charge in [0.1, 0.15) is 0 Å². The summed E-state index contributed by atoms with van der Waals surface area (Å²) in [5.74, 6) is 0.102. The van der Waals surface area contributed by atoms with E-state index in [2.05, 4.69) is 15.3 Å². The molecule has 1 aromatic rings. The Hall–Kier alpha value is -1.70. The summed E-state index contributed by atoms with van der Waals surface area (Å²) in [6.07, 6.45) is 3.68. The summed E-state index contributed by atoms with van der Waals surface area (Å²) in [7, 11) is -3.17. The van der Waals surface area contributed by atoms with Gasteiger partial charge in [0.2, 0.25) is 11.9 Å². The summed E-state index contributed by atoms with van der Waals surface area (Å²) in [5, 5.41) is 2.41. The van der Waals surface area contributed by atoms with Gasteiger partial charge in [-0.25, -0.2) is 18.4 Å². The second-order valence-corrected chi connectivity index (χ2v) is 8.92. The first-order chi connectivity index (χ1) is 10.9. The van der Waals surface area contributed by atoms with E-state index in [9.17, 15) is 13.2 Å². The zero-order valence-electron chi connectivity index (χ0n) is 13.3. The monoisotopic (exact) mass is 338 g/mol. The molecule has 3 heterocycles. The minimum Gasteiger partial charge on any atom is -0.354 e. The summed E-state index contributed by atoms with van der Waals surface area (Å²) < 4.78 is 24.9. The lowest BCUT2D eigenvalue weighted by Crippen LogP contribution is -2.48. The maximum absolute atomic E-state index is 12.4. The van der Waals surface area contributed by atoms with E-state index in [-0.39, 0.29) is 29.5 Å². The molecule has 0 saturated carbocycles. The summed E-state index contributed by atoms with van der Waals surface area (Å²) in [6, 6.07) is 1.77. The molecule has 3 atom stereocenters. The van der Waals surface area contributed by atoms with Crippen LogP contribution in [-0.4, -0.2) is 54.4 Å². The largest absolute Gasteiger partial charge is 0.354 e. The number of fused-ring (bicyclic) bond motifs is 1. The number of nitrogens with zero attached hydrogens (tertiary/aromatic N) is 3. The zero-order chi connectivity index (χ0) is 16.6. The van der Waals surface area contributed by atoms with Gasteiger partial charge in [0.15, 0.2) is 9.84 Å². The number of rotatable bonds is 3. The first-order valence-corrected chi connectivity index (χ1v) is 9.64. The van der Waals surface area contributed by atoms with Gasteiger partial charge >= 0.3 is 0 Å². The van der Waals surface area contributed by atoms with Crippen molar-refractivity contribution < 1.29 is 13.2 Å². The number of aromatic nitrogens is 2. The number of hydrogen-bond donors (Lipinski definition) is 1. The molecule has 1 N–H and O–H groups in total. The van der Waals surface area contributed by atoms with Crippen molar-refractivity contribution in [2.45, 2.75) is 31.6 Å². The second kappa shape index (κ2) is 6.07. The number of anilines is 1. The lowest BCUT2D eigenvalue weighted by atomic mass is 9.87. The fraction of sp³-hybridized carbons (Fsp3) is 0.667. The summed E-state index contributed by atoms with van der Waals surface area (Å²) in [6.45, 7) is 4.69. The first kappa shape index (κ1) is 16.2. The molecule has 0 bridgehead atoms. The van der Waals surface area contributed by atoms with Crippen molar-refractivity contribution in [3.63, 3.8) is 0 Å². The van der Waals surface area contributed by atoms with E-state index in [0.717, 1.165) is 0 Å². The Morgan fingerprint density at radius 3 is 2.65 bits per heavy atom. The van der Waals surface area contributed by atoms with E-state index >= 15 is 0 Å². The average Bonchev–Trinajstić information content (AvgIpc) is 2.94. The van der Waals surface area contributed by atoms with Gasteiger partial charge in [0, 0.05) is 43.4 Å². The summed E-state index contributed by atoms with van der Waals surface area (Å²) in [5.41, 5.74) is 0. The Kier molecular flexibility index (Phi) is 4.27. The maximum atomic E-state index is 12.4. The molecular formula is C15H22N4O3S. The third-order valence-corrected chi connectivity index (χ3v) is 6.83. The maximum Gasteiger partial charge on any atom is 0.225 e. The van der Waals surface area contributed by atoms with Crippen molar-refractivity contribution in [3.8, 4) is 0 Å². The van der Waals surface area contributed by atoms with Gasteiger partial charge in [0.05, 0.1) is 11.0 Å². The highest BCUT2D eigenvalue weighted by molar-refractivity contribution is 7.92. The molecule has 7 nitrogen and oxygen atoms in total. The lowest BCUT2D eigenvalue weighted by molar-refractivity contribution is -0.127. The van der Waals surface area contributed by atoms with E-state index in [1.807, 2.05) is 18.7 Å². The van der Waals surface area contributed by atoms with Crippen LogP contribution in [0.1, 0.15) is 20.3 Å². The molecule has 0 radical (unpaired) electrons. The van der Waals surface area contributed by atoms with E-state index in [0.29, 0.717) is 25.5 Å². The SMILES string of the molecule is CC(C)NC(=O)[C@@H]1CCS(=O)(=O)[C@H]2CN(c3ncccn3)C[C@@H]12. The number of carbonyl (C=O) groups is 1. The predicted octanol–water partition coefficient (Wildman–Crippen LogP) is 0.241. The lowest BCUT2D eigenvalue weighted by Gasteiger charge is -2.32. The van der Waals surface area contributed by atoms with E-state index < -0.39 is 15.1 Å². The third-order valence-electron chi connectivity index (χ3n) is 4.60. The molecule has 2 saturated heterocycles. The standard InChI is InChI=1S/C15H22N4O3S/c1-10(2)18-14(20)11-4-7-23(21,22)13-9-19(8-12(11)13)15-16-5-3-6-17-15/h3,5-6,10-13H,4,7-9H2,1-2H3,(H,18,20)/t11-,12+,13+/m1/s1. The van der Waals surface area contributed by atoms with Crippen molar-refractivity contribution in [2.75, 3.05) is 23.7 Å². The molecular weight excluding hydrogens is 316 g/mol. The molecule has 126 valence electrons. The molecule has 2 aliphatic rings. The predicted molar refractivity (Wildman–Crippen MR) is 86.7 cm³/mol. The molecule has 0 unspecified atom stereocenters. The van der Waals surface area contributed by atoms with Crippen LogP contribution in [0, 0.1) is 11.8 Å². The van der Waals surface area contributed by atoms with Crippen LogP contribution in [0.4, 0.5) is 5.95 Å². The van der Waals surface area contributed by atoms with Crippen LogP contribution in [0.5, 0.6) is 0 Å². The van der Waals surface area contributed by atoms with Crippen molar-refractivity contribution >= 4 is 21.7 Å². The van der Waals surface area contributed by atoms with E-state index in [1.54, 1.807) is 18.5 Å². The number of sulfone groups is 1. The summed E-state index contributed by atoms with van der Waals surface area (Å²) >= 11 is 0. The highest BCUT2D eigenvalue weighted by Gasteiger charge is 2.50. The number of amides is 1. The van der Waals surface area contributed by atoms with Crippen LogP contribution in [-0.2, 0) is 14.6 Å². The number of nitrogens with one attached hydrogen (secondary N) is 1. The normalized spacial score (nSPS) is 29.3. The van der Waals surface area contributed by atoms with Crippen LogP contribution in [0.2, 0.25) is 0 Å². The van der Waals surface area contributed by atoms with Crippen LogP contribution < -0.4 is 10.2 Å². The van der Waals surface area contributed by atoms with Gasteiger partial charge in [0.25, 0.3) is 0 Å². The second-order valence-electron chi connectivity index (χ2n) is 6.58. The fourth-order valence-electron chi connectivity index (χ4n) is 3.56. The molecule has 8 heteroatoms. The van der Waals surface area contributed by atoms with Crippen molar-refractivity contribution in [3.05, 3.63) is 18.5 Å². The van der Waals surface area contributed by atoms with Crippen LogP contribution >= 0.6 is 0 Å². The molecule has 0 aliphatic carbocycles. The van der Waals surface area contributed by atoms with E-state index in [4.69, 9.17) is 0 Å². The first-order valence-electron chi connectivity index (χ1n) is 7.92. The minimum atomic E-state index is -3.17. The number of carbonyl (C=O) groups excluding carboxylic acids is 1. The Bertz CT molecular complexity index is 677. The Morgan fingerprint density at radius 2 is 2.00 bits per heavy atom. The molecule has 3 rings (SSSR count). The van der Waals surface area contributed by atoms with Gasteiger partial charge in [-0.2, -0.15) is 0 Å². The van der Waals surface area contributed by atoms with Crippen LogP contribution in [0.15, 0.2) is 18.5 Å². The highest BCUT2D eigenvalue weighted by Crippen LogP contribution is 2.37. The summed E-state index contributed by atoms with van der Waals surface area (Å²) in [4.78, 5) is 22.7. The average molecular weight is 338 g/mol. The Morgan fingerprint density at radius 1 is 1.30 bits per heavy atom. The Labute approximate surface area is 136 Å². The highest BCUT2D eigenvalue weighted by atomic mass is 32.2. The molecule has 0 spiro atoms. The minimum absolute atomic E-state index is 0.0410. The van der Waals surface area contributed by atoms with Gasteiger partial charge < -0.3 is 10.2 Å². The molecule has 1 aromatic heterocycles. The molecule has 1 amide bonds. The molecule has 0 aromatic carbocycles. The van der Waals surface area contributed by atoms with Crippen molar-refractivity contribution in [1.82, 2.24) is 15.3 Å². The van der Waals surface area contributed by atoms with E-state index in [1.165, 1.54) is 0 Å². The topological polar surface area (TPSA) is 92.3 Å². The zero-order valence-corrected chi connectivity index (χ0v) is 14.2. The smallest absolute Gasteiger partial charge is 0.225 e. The Balaban J connectivity index is 1.85. The van der Waals surface area contributed by atoms with Crippen molar-refractivity contribution in [2.24, 2.45) is 11.8 Å². The number of hydrogen-bond acceptors (Lipinski definition) is 6. The fourth-order valence-corrected chi connectivity index (χ4v) is 5.66. The molecule has 23 heavy (non-hydrogen) atoms. The molecule has 2 aliphatic heterocycles. The van der Waals surface area contributed by atoms with Crippen molar-refractivity contribution in [1.29, 1.82) is 0 Å². The van der Waals surface area contributed by atoms with Gasteiger partial charge in [-0.05, 0) is 26.3 Å².